The fraction of sp³-hybridized carbons (Fsp3) is 0.571. The highest BCUT2D eigenvalue weighted by Gasteiger charge is 2.26. The molecule has 1 aliphatic rings. The van der Waals surface area contributed by atoms with Crippen LogP contribution in [0.25, 0.3) is 0 Å². The molecule has 3 atom stereocenters. The van der Waals surface area contributed by atoms with Crippen molar-refractivity contribution in [3.63, 3.8) is 0 Å². The molecule has 1 heterocycles. The average Bonchev–Trinajstić information content (AvgIpc) is 2.69. The molecule has 2 N–H and O–H groups in total. The van der Waals surface area contributed by atoms with E-state index in [9.17, 15) is 0 Å². The molecule has 2 nitrogen and oxygen atoms in total. The van der Waals surface area contributed by atoms with Gasteiger partial charge in [0.25, 0.3) is 0 Å². The van der Waals surface area contributed by atoms with Crippen molar-refractivity contribution in [2.45, 2.75) is 49.0 Å². The molecule has 0 spiro atoms. The zero-order chi connectivity index (χ0) is 13.1. The molecular formula is C14H20ClNOS. The summed E-state index contributed by atoms with van der Waals surface area (Å²) in [5, 5.41) is 1.35. The molecule has 1 aliphatic heterocycles. The largest absolute Gasteiger partial charge is 0.377 e. The molecule has 1 fully saturated rings. The van der Waals surface area contributed by atoms with Gasteiger partial charge in [0.1, 0.15) is 0 Å². The molecule has 0 bridgehead atoms. The van der Waals surface area contributed by atoms with Crippen molar-refractivity contribution in [2.75, 3.05) is 6.61 Å². The zero-order valence-corrected chi connectivity index (χ0v) is 12.4. The van der Waals surface area contributed by atoms with E-state index in [4.69, 9.17) is 22.1 Å². The molecule has 100 valence electrons. The zero-order valence-electron chi connectivity index (χ0n) is 10.9. The van der Waals surface area contributed by atoms with E-state index in [-0.39, 0.29) is 6.04 Å². The predicted molar refractivity (Wildman–Crippen MR) is 78.5 cm³/mol. The lowest BCUT2D eigenvalue weighted by molar-refractivity contribution is 0.127. The van der Waals surface area contributed by atoms with Gasteiger partial charge in [-0.3, -0.25) is 0 Å². The van der Waals surface area contributed by atoms with E-state index in [2.05, 4.69) is 13.0 Å². The number of nitrogens with two attached hydrogens (primary N) is 1. The molecule has 0 aliphatic carbocycles. The summed E-state index contributed by atoms with van der Waals surface area (Å²) in [4.78, 5) is 1.25. The Hall–Kier alpha value is -0.220. The first-order chi connectivity index (χ1) is 8.58. The van der Waals surface area contributed by atoms with Crippen molar-refractivity contribution in [1.82, 2.24) is 0 Å². The van der Waals surface area contributed by atoms with Crippen LogP contribution in [0.5, 0.6) is 0 Å². The Morgan fingerprint density at radius 2 is 2.33 bits per heavy atom. The van der Waals surface area contributed by atoms with Crippen LogP contribution < -0.4 is 5.73 Å². The Morgan fingerprint density at radius 1 is 1.56 bits per heavy atom. The topological polar surface area (TPSA) is 35.2 Å². The molecule has 0 amide bonds. The fourth-order valence-corrected chi connectivity index (χ4v) is 3.81. The van der Waals surface area contributed by atoms with Gasteiger partial charge in [0, 0.05) is 27.8 Å². The van der Waals surface area contributed by atoms with E-state index in [0.29, 0.717) is 11.4 Å². The minimum absolute atomic E-state index is 0.126. The van der Waals surface area contributed by atoms with Gasteiger partial charge in [-0.2, -0.15) is 0 Å². The van der Waals surface area contributed by atoms with Gasteiger partial charge in [-0.15, -0.1) is 11.8 Å². The number of thioether (sulfide) groups is 1. The normalized spacial score (nSPS) is 25.3. The summed E-state index contributed by atoms with van der Waals surface area (Å²) in [6.07, 6.45) is 2.25. The number of hydrogen-bond acceptors (Lipinski definition) is 3. The number of rotatable bonds is 4. The molecule has 0 saturated carbocycles. The van der Waals surface area contributed by atoms with Crippen LogP contribution in [-0.4, -0.2) is 24.0 Å². The molecule has 18 heavy (non-hydrogen) atoms. The van der Waals surface area contributed by atoms with E-state index in [1.54, 1.807) is 0 Å². The number of hydrogen-bond donors (Lipinski definition) is 1. The van der Waals surface area contributed by atoms with Crippen LogP contribution in [-0.2, 0) is 11.2 Å². The summed E-state index contributed by atoms with van der Waals surface area (Å²) in [6.45, 7) is 5.02. The molecule has 1 aromatic rings. The average molecular weight is 286 g/mol. The van der Waals surface area contributed by atoms with Gasteiger partial charge >= 0.3 is 0 Å². The van der Waals surface area contributed by atoms with Crippen molar-refractivity contribution in [3.05, 3.63) is 28.8 Å². The maximum absolute atomic E-state index is 6.30. The lowest BCUT2D eigenvalue weighted by atomic mass is 10.1. The van der Waals surface area contributed by atoms with E-state index in [1.165, 1.54) is 10.5 Å². The Labute approximate surface area is 118 Å². The lowest BCUT2D eigenvalue weighted by Gasteiger charge is -2.18. The Bertz CT molecular complexity index is 411. The highest BCUT2D eigenvalue weighted by molar-refractivity contribution is 8.00. The quantitative estimate of drug-likeness (QED) is 0.920. The van der Waals surface area contributed by atoms with Gasteiger partial charge in [-0.1, -0.05) is 17.7 Å². The van der Waals surface area contributed by atoms with Crippen molar-refractivity contribution in [3.8, 4) is 0 Å². The van der Waals surface area contributed by atoms with Gasteiger partial charge < -0.3 is 10.5 Å². The Balaban J connectivity index is 2.18. The highest BCUT2D eigenvalue weighted by atomic mass is 35.5. The summed E-state index contributed by atoms with van der Waals surface area (Å²) in [5.41, 5.74) is 7.08. The number of halogens is 1. The maximum Gasteiger partial charge on any atom is 0.0669 e. The molecule has 3 unspecified atom stereocenters. The van der Waals surface area contributed by atoms with Crippen LogP contribution in [0.4, 0.5) is 0 Å². The minimum Gasteiger partial charge on any atom is -0.377 e. The van der Waals surface area contributed by atoms with Crippen LogP contribution in [0, 0.1) is 0 Å². The van der Waals surface area contributed by atoms with Crippen molar-refractivity contribution >= 4 is 23.4 Å². The van der Waals surface area contributed by atoms with Gasteiger partial charge in [-0.25, -0.2) is 0 Å². The van der Waals surface area contributed by atoms with Crippen molar-refractivity contribution in [1.29, 1.82) is 0 Å². The van der Waals surface area contributed by atoms with Crippen molar-refractivity contribution < 1.29 is 4.74 Å². The Kier molecular flexibility index (Phi) is 4.96. The van der Waals surface area contributed by atoms with Crippen molar-refractivity contribution in [2.24, 2.45) is 5.73 Å². The van der Waals surface area contributed by atoms with Crippen LogP contribution in [0.15, 0.2) is 23.1 Å². The monoisotopic (exact) mass is 285 g/mol. The molecule has 1 aromatic carbocycles. The SMILES string of the molecule is CC(N)Cc1c(Cl)cccc1SC1CCOC1C. The highest BCUT2D eigenvalue weighted by Crippen LogP contribution is 2.37. The third-order valence-electron chi connectivity index (χ3n) is 3.19. The molecule has 0 aromatic heterocycles. The molecule has 4 heteroatoms. The second-order valence-corrected chi connectivity index (χ2v) is 6.61. The van der Waals surface area contributed by atoms with Gasteiger partial charge in [0.05, 0.1) is 6.10 Å². The maximum atomic E-state index is 6.30. The van der Waals surface area contributed by atoms with Crippen LogP contribution in [0.1, 0.15) is 25.8 Å². The van der Waals surface area contributed by atoms with Gasteiger partial charge in [-0.05, 0) is 44.4 Å². The fourth-order valence-electron chi connectivity index (χ4n) is 2.20. The first-order valence-electron chi connectivity index (χ1n) is 6.39. The summed E-state index contributed by atoms with van der Waals surface area (Å²) in [6, 6.07) is 6.22. The van der Waals surface area contributed by atoms with Gasteiger partial charge in [0.15, 0.2) is 0 Å². The second-order valence-electron chi connectivity index (χ2n) is 4.92. The van der Waals surface area contributed by atoms with E-state index in [0.717, 1.165) is 24.5 Å². The predicted octanol–water partition coefficient (Wildman–Crippen LogP) is 3.50. The van der Waals surface area contributed by atoms with Crippen LogP contribution in [0.2, 0.25) is 5.02 Å². The number of ether oxygens (including phenoxy) is 1. The third kappa shape index (κ3) is 3.41. The Morgan fingerprint density at radius 3 is 2.94 bits per heavy atom. The molecule has 1 saturated heterocycles. The number of benzene rings is 1. The summed E-state index contributed by atoms with van der Waals surface area (Å²) >= 11 is 8.17. The molecule has 2 rings (SSSR count). The first-order valence-corrected chi connectivity index (χ1v) is 7.65. The summed E-state index contributed by atoms with van der Waals surface area (Å²) in [7, 11) is 0. The summed E-state index contributed by atoms with van der Waals surface area (Å²) in [5.74, 6) is 0. The van der Waals surface area contributed by atoms with E-state index in [1.807, 2.05) is 30.8 Å². The molecular weight excluding hydrogens is 266 g/mol. The first kappa shape index (κ1) is 14.2. The van der Waals surface area contributed by atoms with E-state index >= 15 is 0 Å². The minimum atomic E-state index is 0.126. The second kappa shape index (κ2) is 6.29. The standard InChI is InChI=1S/C14H20ClNOS/c1-9(16)8-11-12(15)4-3-5-14(11)18-13-6-7-17-10(13)2/h3-5,9-10,13H,6-8,16H2,1-2H3. The van der Waals surface area contributed by atoms with Crippen LogP contribution in [0.3, 0.4) is 0 Å². The third-order valence-corrected chi connectivity index (χ3v) is 5.10. The lowest BCUT2D eigenvalue weighted by Crippen LogP contribution is -2.19. The molecule has 0 radical (unpaired) electrons. The van der Waals surface area contributed by atoms with Crippen LogP contribution >= 0.6 is 23.4 Å². The summed E-state index contributed by atoms with van der Waals surface area (Å²) < 4.78 is 5.61. The van der Waals surface area contributed by atoms with E-state index < -0.39 is 0 Å². The van der Waals surface area contributed by atoms with Gasteiger partial charge in [0.2, 0.25) is 0 Å². The smallest absolute Gasteiger partial charge is 0.0669 e.